The summed E-state index contributed by atoms with van der Waals surface area (Å²) in [7, 11) is -5.13. The molecule has 1 fully saturated rings. The summed E-state index contributed by atoms with van der Waals surface area (Å²) in [5, 5.41) is 50.2. The number of unbranched alkanes of at least 4 members (excludes halogenated alkanes) is 20. The summed E-state index contributed by atoms with van der Waals surface area (Å²) in [5.41, 5.74) is 0. The normalized spacial score (nSPS) is 22.1. The van der Waals surface area contributed by atoms with Crippen LogP contribution in [-0.2, 0) is 32.7 Å². The maximum atomic E-state index is 12.8. The summed E-state index contributed by atoms with van der Waals surface area (Å²) in [5.74, 6) is -1.12. The van der Waals surface area contributed by atoms with Gasteiger partial charge in [0.2, 0.25) is 0 Å². The molecule has 14 heteroatoms. The molecule has 13 nitrogen and oxygen atoms in total. The lowest BCUT2D eigenvalue weighted by molar-refractivity contribution is -0.220. The third-order valence-electron chi connectivity index (χ3n) is 11.2. The topological polar surface area (TPSA) is 210 Å². The zero-order chi connectivity index (χ0) is 46.4. The molecule has 0 aliphatic heterocycles. The van der Waals surface area contributed by atoms with Gasteiger partial charge in [0.05, 0.1) is 6.61 Å². The van der Waals surface area contributed by atoms with Crippen LogP contribution in [0.2, 0.25) is 0 Å². The van der Waals surface area contributed by atoms with Crippen molar-refractivity contribution >= 4 is 19.8 Å². The Balaban J connectivity index is 2.44. The van der Waals surface area contributed by atoms with E-state index >= 15 is 0 Å². The molecule has 0 radical (unpaired) electrons. The fraction of sp³-hybridized carbons (Fsp3) is 0.796. The monoisotopic (exact) mass is 915 g/mol. The molecule has 366 valence electrons. The molecule has 0 aromatic heterocycles. The number of hydrogen-bond acceptors (Lipinski definition) is 12. The van der Waals surface area contributed by atoms with Gasteiger partial charge < -0.3 is 39.9 Å². The average Bonchev–Trinajstić information content (AvgIpc) is 3.26. The van der Waals surface area contributed by atoms with Gasteiger partial charge in [-0.15, -0.1) is 0 Å². The molecule has 6 atom stereocenters. The summed E-state index contributed by atoms with van der Waals surface area (Å²) in [4.78, 5) is 35.8. The van der Waals surface area contributed by atoms with Crippen LogP contribution >= 0.6 is 7.82 Å². The van der Waals surface area contributed by atoms with Crippen molar-refractivity contribution in [1.82, 2.24) is 0 Å². The molecular formula is C49H87O13P. The van der Waals surface area contributed by atoms with E-state index in [0.717, 1.165) is 77.0 Å². The lowest BCUT2D eigenvalue weighted by atomic mass is 9.85. The van der Waals surface area contributed by atoms with Gasteiger partial charge in [-0.25, -0.2) is 4.57 Å². The Bertz CT molecular complexity index is 1290. The van der Waals surface area contributed by atoms with Gasteiger partial charge in [0, 0.05) is 12.8 Å². The fourth-order valence-corrected chi connectivity index (χ4v) is 8.25. The quantitative estimate of drug-likeness (QED) is 0.0147. The molecule has 0 bridgehead atoms. The van der Waals surface area contributed by atoms with Crippen LogP contribution in [0.5, 0.6) is 0 Å². The van der Waals surface area contributed by atoms with Crippen LogP contribution in [0.4, 0.5) is 0 Å². The number of aliphatic hydroxyl groups is 5. The van der Waals surface area contributed by atoms with Crippen molar-refractivity contribution in [2.45, 2.75) is 236 Å². The first-order valence-corrected chi connectivity index (χ1v) is 25.9. The van der Waals surface area contributed by atoms with Crippen molar-refractivity contribution in [3.8, 4) is 0 Å². The molecule has 6 unspecified atom stereocenters. The Morgan fingerprint density at radius 1 is 0.508 bits per heavy atom. The summed E-state index contributed by atoms with van der Waals surface area (Å²) in [6.45, 7) is 3.18. The number of ether oxygens (including phenoxy) is 2. The van der Waals surface area contributed by atoms with Crippen molar-refractivity contribution < 1.29 is 63.1 Å². The molecule has 0 aromatic carbocycles. The molecule has 1 rings (SSSR count). The maximum Gasteiger partial charge on any atom is 0.472 e. The zero-order valence-electron chi connectivity index (χ0n) is 38.9. The number of carbonyl (C=O) groups is 2. The molecule has 0 saturated heterocycles. The first-order valence-electron chi connectivity index (χ1n) is 24.4. The van der Waals surface area contributed by atoms with E-state index < -0.39 is 75.7 Å². The lowest BCUT2D eigenvalue weighted by Crippen LogP contribution is -2.64. The van der Waals surface area contributed by atoms with Crippen LogP contribution in [0, 0.1) is 0 Å². The van der Waals surface area contributed by atoms with Crippen molar-refractivity contribution in [2.75, 3.05) is 13.2 Å². The molecule has 1 saturated carbocycles. The fourth-order valence-electron chi connectivity index (χ4n) is 7.28. The SMILES string of the molecule is CCC=CCC=CCC=CCC=CCCCCCCC(=O)OCC(COP(=O)(O)OC1C(O)C(O)C(O)C(O)C1O)OC(=O)CCCCCCCCCCCCCCCCCCC. The van der Waals surface area contributed by atoms with Gasteiger partial charge in [-0.1, -0.05) is 178 Å². The Morgan fingerprint density at radius 2 is 0.905 bits per heavy atom. The Morgan fingerprint density at radius 3 is 1.38 bits per heavy atom. The van der Waals surface area contributed by atoms with E-state index in [9.17, 15) is 44.6 Å². The summed E-state index contributed by atoms with van der Waals surface area (Å²) >= 11 is 0. The highest BCUT2D eigenvalue weighted by atomic mass is 31.2. The molecule has 0 amide bonds. The van der Waals surface area contributed by atoms with Gasteiger partial charge in [-0.3, -0.25) is 18.6 Å². The number of aliphatic hydroxyl groups excluding tert-OH is 5. The van der Waals surface area contributed by atoms with Crippen molar-refractivity contribution in [3.63, 3.8) is 0 Å². The van der Waals surface area contributed by atoms with Crippen molar-refractivity contribution in [3.05, 3.63) is 48.6 Å². The van der Waals surface area contributed by atoms with E-state index in [0.29, 0.717) is 12.8 Å². The number of hydrogen-bond donors (Lipinski definition) is 6. The standard InChI is InChI=1S/C49H87O13P/c1-3-5-7-9-11-13-15-17-19-21-23-25-27-29-31-33-35-37-42(50)59-39-41(40-60-63(57,58)62-49-47(55)45(53)44(52)46(54)48(49)56)61-43(51)38-36-34-32-30-28-26-24-22-20-18-16-14-12-10-8-6-4-2/h5,7,11,13,17,19,23,25,41,44-49,52-56H,3-4,6,8-10,12,14-16,18,20-22,24,26-40H2,1-2H3,(H,57,58). The second-order valence-corrected chi connectivity index (χ2v) is 18.3. The predicted molar refractivity (Wildman–Crippen MR) is 249 cm³/mol. The Hall–Kier alpha value is -2.19. The highest BCUT2D eigenvalue weighted by Crippen LogP contribution is 2.47. The van der Waals surface area contributed by atoms with Gasteiger partial charge >= 0.3 is 19.8 Å². The lowest BCUT2D eigenvalue weighted by Gasteiger charge is -2.41. The molecule has 6 N–H and O–H groups in total. The van der Waals surface area contributed by atoms with E-state index in [2.05, 4.69) is 62.5 Å². The Kier molecular flexibility index (Phi) is 36.4. The van der Waals surface area contributed by atoms with Crippen LogP contribution in [0.3, 0.4) is 0 Å². The summed E-state index contributed by atoms with van der Waals surface area (Å²) in [6, 6.07) is 0. The average molecular weight is 915 g/mol. The van der Waals surface area contributed by atoms with Crippen molar-refractivity contribution in [2.24, 2.45) is 0 Å². The minimum atomic E-state index is -5.13. The largest absolute Gasteiger partial charge is 0.472 e. The van der Waals surface area contributed by atoms with Gasteiger partial charge in [-0.2, -0.15) is 0 Å². The highest BCUT2D eigenvalue weighted by Gasteiger charge is 2.51. The molecule has 0 heterocycles. The second kappa shape index (κ2) is 39.0. The highest BCUT2D eigenvalue weighted by molar-refractivity contribution is 7.47. The van der Waals surface area contributed by atoms with E-state index in [1.54, 1.807) is 0 Å². The molecule has 1 aliphatic carbocycles. The number of rotatable bonds is 40. The minimum Gasteiger partial charge on any atom is -0.462 e. The molecule has 1 aliphatic rings. The maximum absolute atomic E-state index is 12.8. The number of phosphoric acid groups is 1. The van der Waals surface area contributed by atoms with Crippen molar-refractivity contribution in [1.29, 1.82) is 0 Å². The third kappa shape index (κ3) is 31.4. The minimum absolute atomic E-state index is 0.0931. The first kappa shape index (κ1) is 58.8. The van der Waals surface area contributed by atoms with Gasteiger partial charge in [0.15, 0.2) is 6.10 Å². The molecule has 63 heavy (non-hydrogen) atoms. The van der Waals surface area contributed by atoms with Crippen LogP contribution in [0.1, 0.15) is 194 Å². The number of allylic oxidation sites excluding steroid dienone is 8. The molecular weight excluding hydrogens is 827 g/mol. The molecule has 0 aromatic rings. The van der Waals surface area contributed by atoms with E-state index in [1.165, 1.54) is 77.0 Å². The third-order valence-corrected chi connectivity index (χ3v) is 12.2. The van der Waals surface area contributed by atoms with E-state index in [4.69, 9.17) is 18.5 Å². The molecule has 0 spiro atoms. The first-order chi connectivity index (χ1) is 30.4. The Labute approximate surface area is 380 Å². The summed E-state index contributed by atoms with van der Waals surface area (Å²) < 4.78 is 33.6. The van der Waals surface area contributed by atoms with Crippen LogP contribution in [0.15, 0.2) is 48.6 Å². The number of esters is 2. The van der Waals surface area contributed by atoms with E-state index in [-0.39, 0.29) is 12.8 Å². The zero-order valence-corrected chi connectivity index (χ0v) is 39.8. The van der Waals surface area contributed by atoms with Gasteiger partial charge in [0.25, 0.3) is 0 Å². The van der Waals surface area contributed by atoms with E-state index in [1.807, 2.05) is 0 Å². The second-order valence-electron chi connectivity index (χ2n) is 16.9. The predicted octanol–water partition coefficient (Wildman–Crippen LogP) is 9.95. The summed E-state index contributed by atoms with van der Waals surface area (Å²) in [6.07, 6.45) is 33.0. The van der Waals surface area contributed by atoms with Crippen LogP contribution < -0.4 is 0 Å². The number of carbonyl (C=O) groups excluding carboxylic acids is 2. The van der Waals surface area contributed by atoms with Gasteiger partial charge in [-0.05, 0) is 51.4 Å². The van der Waals surface area contributed by atoms with Crippen LogP contribution in [-0.4, -0.2) is 98.3 Å². The van der Waals surface area contributed by atoms with Crippen LogP contribution in [0.25, 0.3) is 0 Å². The smallest absolute Gasteiger partial charge is 0.462 e. The van der Waals surface area contributed by atoms with Gasteiger partial charge in [0.1, 0.15) is 43.2 Å². The number of phosphoric ester groups is 1.